The van der Waals surface area contributed by atoms with E-state index in [1.807, 2.05) is 24.3 Å². The molecule has 1 unspecified atom stereocenters. The largest absolute Gasteiger partial charge is 0.481 e. The van der Waals surface area contributed by atoms with Crippen molar-refractivity contribution in [3.05, 3.63) is 98.7 Å². The van der Waals surface area contributed by atoms with Crippen molar-refractivity contribution >= 4 is 46.9 Å². The Morgan fingerprint density at radius 3 is 2.48 bits per heavy atom. The first kappa shape index (κ1) is 36.5. The van der Waals surface area contributed by atoms with E-state index in [1.165, 1.54) is 7.11 Å². The van der Waals surface area contributed by atoms with Gasteiger partial charge in [-0.05, 0) is 53.3 Å². The van der Waals surface area contributed by atoms with Gasteiger partial charge in [-0.1, -0.05) is 59.6 Å². The number of hydrogen-bond acceptors (Lipinski definition) is 10. The van der Waals surface area contributed by atoms with Crippen LogP contribution in [-0.4, -0.2) is 69.4 Å². The molecule has 1 aliphatic carbocycles. The highest BCUT2D eigenvalue weighted by atomic mass is 35.5. The SMILES string of the molecule is COc1nc(O[C@H]2CCc3c(-c4cccc(C(=O)Nc5ccc(CNCC(=O)O)cn5)c4Cl)cccc32)c(Cl)cc1CNCC(O)CC(=O)O. The molecular formula is C35H35Cl2N5O8. The van der Waals surface area contributed by atoms with Crippen molar-refractivity contribution in [3.8, 4) is 22.9 Å². The van der Waals surface area contributed by atoms with E-state index in [-0.39, 0.29) is 59.5 Å². The van der Waals surface area contributed by atoms with Gasteiger partial charge < -0.3 is 40.7 Å². The number of nitrogens with zero attached hydrogens (tertiary/aromatic N) is 2. The summed E-state index contributed by atoms with van der Waals surface area (Å²) in [5, 5.41) is 36.5. The Bertz CT molecular complexity index is 1880. The number of halogens is 2. The summed E-state index contributed by atoms with van der Waals surface area (Å²) in [6.45, 7) is 0.442. The number of pyridine rings is 2. The van der Waals surface area contributed by atoms with E-state index < -0.39 is 23.9 Å². The van der Waals surface area contributed by atoms with Gasteiger partial charge >= 0.3 is 11.9 Å². The lowest BCUT2D eigenvalue weighted by molar-refractivity contribution is -0.139. The molecule has 5 rings (SSSR count). The number of amides is 1. The topological polar surface area (TPSA) is 192 Å². The van der Waals surface area contributed by atoms with E-state index in [0.29, 0.717) is 36.3 Å². The zero-order valence-corrected chi connectivity index (χ0v) is 28.4. The third-order valence-electron chi connectivity index (χ3n) is 7.96. The number of fused-ring (bicyclic) bond motifs is 1. The van der Waals surface area contributed by atoms with Crippen LogP contribution in [-0.2, 0) is 29.1 Å². The van der Waals surface area contributed by atoms with Gasteiger partial charge in [-0.2, -0.15) is 4.98 Å². The maximum Gasteiger partial charge on any atom is 0.317 e. The average Bonchev–Trinajstić information content (AvgIpc) is 3.49. The van der Waals surface area contributed by atoms with E-state index in [4.69, 9.17) is 42.9 Å². The quantitative estimate of drug-likeness (QED) is 0.0920. The number of ether oxygens (including phenoxy) is 2. The number of hydrogen-bond donors (Lipinski definition) is 6. The number of carbonyl (C=O) groups excluding carboxylic acids is 1. The molecule has 50 heavy (non-hydrogen) atoms. The van der Waals surface area contributed by atoms with Gasteiger partial charge in [0.05, 0.1) is 36.8 Å². The van der Waals surface area contributed by atoms with Crippen molar-refractivity contribution in [2.75, 3.05) is 25.5 Å². The number of aliphatic carboxylic acids is 2. The van der Waals surface area contributed by atoms with Crippen molar-refractivity contribution < 1.29 is 39.2 Å². The monoisotopic (exact) mass is 723 g/mol. The highest BCUT2D eigenvalue weighted by Crippen LogP contribution is 2.43. The first-order valence-electron chi connectivity index (χ1n) is 15.6. The number of rotatable bonds is 16. The molecule has 6 N–H and O–H groups in total. The van der Waals surface area contributed by atoms with E-state index in [2.05, 4.69) is 25.9 Å². The Balaban J connectivity index is 1.29. The number of aliphatic hydroxyl groups excluding tert-OH is 1. The molecule has 1 aliphatic rings. The zero-order valence-electron chi connectivity index (χ0n) is 26.9. The lowest BCUT2D eigenvalue weighted by Gasteiger charge is -2.18. The number of aliphatic hydroxyl groups is 1. The van der Waals surface area contributed by atoms with Gasteiger partial charge in [0.25, 0.3) is 5.91 Å². The number of aromatic nitrogens is 2. The second kappa shape index (κ2) is 16.7. The number of nitrogens with one attached hydrogen (secondary N) is 3. The Morgan fingerprint density at radius 2 is 1.76 bits per heavy atom. The molecule has 0 aliphatic heterocycles. The van der Waals surface area contributed by atoms with Gasteiger partial charge in [0.15, 0.2) is 0 Å². The van der Waals surface area contributed by atoms with Gasteiger partial charge in [0.1, 0.15) is 16.9 Å². The first-order chi connectivity index (χ1) is 24.0. The molecule has 262 valence electrons. The van der Waals surface area contributed by atoms with Crippen LogP contribution in [0.5, 0.6) is 11.8 Å². The lowest BCUT2D eigenvalue weighted by Crippen LogP contribution is -2.28. The summed E-state index contributed by atoms with van der Waals surface area (Å²) in [6, 6.07) is 16.1. The van der Waals surface area contributed by atoms with Crippen LogP contribution in [0.1, 0.15) is 51.6 Å². The highest BCUT2D eigenvalue weighted by Gasteiger charge is 2.29. The second-order valence-electron chi connectivity index (χ2n) is 11.5. The van der Waals surface area contributed by atoms with Crippen molar-refractivity contribution in [1.29, 1.82) is 0 Å². The number of methoxy groups -OCH3 is 1. The smallest absolute Gasteiger partial charge is 0.317 e. The van der Waals surface area contributed by atoms with Crippen LogP contribution in [0.2, 0.25) is 10.0 Å². The fraction of sp³-hybridized carbons (Fsp3) is 0.286. The van der Waals surface area contributed by atoms with Crippen molar-refractivity contribution in [3.63, 3.8) is 0 Å². The minimum atomic E-state index is -1.09. The lowest BCUT2D eigenvalue weighted by atomic mass is 9.95. The summed E-state index contributed by atoms with van der Waals surface area (Å²) in [7, 11) is 1.47. The molecular weight excluding hydrogens is 689 g/mol. The number of carboxylic acids is 2. The first-order valence-corrected chi connectivity index (χ1v) is 16.4. The Hall–Kier alpha value is -4.79. The van der Waals surface area contributed by atoms with Crippen molar-refractivity contribution in [2.45, 2.75) is 44.6 Å². The van der Waals surface area contributed by atoms with Gasteiger partial charge in [-0.25, -0.2) is 4.98 Å². The van der Waals surface area contributed by atoms with Gasteiger partial charge in [-0.15, -0.1) is 0 Å². The van der Waals surface area contributed by atoms with E-state index in [0.717, 1.165) is 22.3 Å². The van der Waals surface area contributed by atoms with Crippen LogP contribution in [0, 0.1) is 0 Å². The van der Waals surface area contributed by atoms with E-state index in [1.54, 1.807) is 36.5 Å². The standard InChI is InChI=1S/C35H35Cl2N5O8/c1-49-34-20(16-39-17-21(43)13-30(44)45)12-27(36)35(42-34)50-28-10-9-23-22(4-2-5-24(23)28)25-6-3-7-26(32(25)37)33(48)41-29-11-8-19(15-40-29)14-38-18-31(46)47/h2-8,11-12,15,21,28,38-39,43H,9-10,13-14,16-18H2,1H3,(H,44,45)(H,46,47)(H,40,41,48)/t21?,28-/m0/s1. The number of anilines is 1. The third-order valence-corrected chi connectivity index (χ3v) is 8.63. The van der Waals surface area contributed by atoms with Crippen LogP contribution in [0.3, 0.4) is 0 Å². The van der Waals surface area contributed by atoms with Crippen molar-refractivity contribution in [2.24, 2.45) is 0 Å². The van der Waals surface area contributed by atoms with E-state index in [9.17, 15) is 19.5 Å². The average molecular weight is 725 g/mol. The summed E-state index contributed by atoms with van der Waals surface area (Å²) >= 11 is 13.5. The summed E-state index contributed by atoms with van der Waals surface area (Å²) in [6.07, 6.45) is 1.08. The minimum absolute atomic E-state index is 0.0615. The van der Waals surface area contributed by atoms with Gasteiger partial charge in [0, 0.05) is 37.0 Å². The Kier molecular flexibility index (Phi) is 12.2. The fourth-order valence-corrected chi connectivity index (χ4v) is 6.20. The molecule has 0 bridgehead atoms. The molecule has 0 saturated heterocycles. The van der Waals surface area contributed by atoms with Gasteiger partial charge in [-0.3, -0.25) is 14.4 Å². The number of benzene rings is 2. The van der Waals surface area contributed by atoms with Crippen LogP contribution in [0.4, 0.5) is 5.82 Å². The molecule has 4 aromatic rings. The summed E-state index contributed by atoms with van der Waals surface area (Å²) in [4.78, 5) is 43.5. The molecule has 15 heteroatoms. The predicted molar refractivity (Wildman–Crippen MR) is 186 cm³/mol. The van der Waals surface area contributed by atoms with Gasteiger partial charge in [0.2, 0.25) is 11.8 Å². The fourth-order valence-electron chi connectivity index (χ4n) is 5.67. The molecule has 2 heterocycles. The predicted octanol–water partition coefficient (Wildman–Crippen LogP) is 4.88. The normalized spacial score (nSPS) is 14.1. The molecule has 1 amide bonds. The van der Waals surface area contributed by atoms with Crippen molar-refractivity contribution in [1.82, 2.24) is 20.6 Å². The molecule has 2 aromatic carbocycles. The maximum absolute atomic E-state index is 13.3. The van der Waals surface area contributed by atoms with Crippen LogP contribution >= 0.6 is 23.2 Å². The Labute approximate surface area is 297 Å². The molecule has 2 aromatic heterocycles. The number of carboxylic acid groups (broad SMARTS) is 2. The zero-order chi connectivity index (χ0) is 35.8. The molecule has 0 fully saturated rings. The molecule has 0 spiro atoms. The Morgan fingerprint density at radius 1 is 0.980 bits per heavy atom. The summed E-state index contributed by atoms with van der Waals surface area (Å²) in [5.41, 5.74) is 5.16. The maximum atomic E-state index is 13.3. The van der Waals surface area contributed by atoms with Crippen LogP contribution in [0.15, 0.2) is 60.8 Å². The minimum Gasteiger partial charge on any atom is -0.481 e. The molecule has 0 radical (unpaired) electrons. The second-order valence-corrected chi connectivity index (χ2v) is 12.3. The summed E-state index contributed by atoms with van der Waals surface area (Å²) < 4.78 is 11.8. The van der Waals surface area contributed by atoms with E-state index >= 15 is 0 Å². The summed E-state index contributed by atoms with van der Waals surface area (Å²) in [5.74, 6) is -1.69. The molecule has 13 nitrogen and oxygen atoms in total. The van der Waals surface area contributed by atoms with Crippen LogP contribution < -0.4 is 25.4 Å². The third kappa shape index (κ3) is 9.05. The molecule has 0 saturated carbocycles. The van der Waals surface area contributed by atoms with Crippen LogP contribution in [0.25, 0.3) is 11.1 Å². The number of carbonyl (C=O) groups is 3. The highest BCUT2D eigenvalue weighted by molar-refractivity contribution is 6.37. The molecule has 2 atom stereocenters.